The van der Waals surface area contributed by atoms with E-state index in [0.29, 0.717) is 6.42 Å². The quantitative estimate of drug-likeness (QED) is 0.788. The van der Waals surface area contributed by atoms with Crippen molar-refractivity contribution in [3.05, 3.63) is 35.9 Å². The summed E-state index contributed by atoms with van der Waals surface area (Å²) in [5.74, 6) is -1.46. The van der Waals surface area contributed by atoms with E-state index in [-0.39, 0.29) is 0 Å². The third-order valence-electron chi connectivity index (χ3n) is 3.41. The van der Waals surface area contributed by atoms with Crippen LogP contribution in [0.4, 0.5) is 5.69 Å². The van der Waals surface area contributed by atoms with Gasteiger partial charge in [-0.25, -0.2) is 4.79 Å². The highest BCUT2D eigenvalue weighted by atomic mass is 16.4. The molecule has 5 heteroatoms. The molecule has 0 aromatic heterocycles. The summed E-state index contributed by atoms with van der Waals surface area (Å²) >= 11 is 0. The van der Waals surface area contributed by atoms with Gasteiger partial charge in [0.05, 0.1) is 0 Å². The number of carbonyl (C=O) groups excluding carboxylic acids is 1. The van der Waals surface area contributed by atoms with E-state index in [9.17, 15) is 9.59 Å². The van der Waals surface area contributed by atoms with Crippen LogP contribution in [-0.4, -0.2) is 36.6 Å². The number of carboxylic acid groups (broad SMARTS) is 1. The predicted molar refractivity (Wildman–Crippen MR) is 84.3 cm³/mol. The Balaban J connectivity index is 2.72. The molecule has 0 fully saturated rings. The third-order valence-corrected chi connectivity index (χ3v) is 3.41. The molecule has 1 unspecified atom stereocenters. The summed E-state index contributed by atoms with van der Waals surface area (Å²) in [6, 6.07) is 7.70. The Morgan fingerprint density at radius 3 is 2.29 bits per heavy atom. The highest BCUT2D eigenvalue weighted by Crippen LogP contribution is 2.13. The van der Waals surface area contributed by atoms with E-state index in [0.717, 1.165) is 11.3 Å². The van der Waals surface area contributed by atoms with E-state index < -0.39 is 17.4 Å². The standard InChI is InChI=1S/C16H22N2O3/c1-5-16(2,15(20)21)17-14(19)11-8-12-6-9-13(10-7-12)18(3)4/h6-11H,5H2,1-4H3,(H,17,19)(H,20,21). The maximum absolute atomic E-state index is 11.8. The summed E-state index contributed by atoms with van der Waals surface area (Å²) in [6.07, 6.45) is 3.33. The molecule has 0 spiro atoms. The Bertz CT molecular complexity index is 535. The first-order valence-electron chi connectivity index (χ1n) is 6.79. The first-order valence-corrected chi connectivity index (χ1v) is 6.79. The van der Waals surface area contributed by atoms with E-state index >= 15 is 0 Å². The maximum atomic E-state index is 11.8. The Morgan fingerprint density at radius 1 is 1.29 bits per heavy atom. The minimum absolute atomic E-state index is 0.319. The molecule has 1 atom stereocenters. The molecule has 2 N–H and O–H groups in total. The predicted octanol–water partition coefficient (Wildman–Crippen LogP) is 2.14. The smallest absolute Gasteiger partial charge is 0.329 e. The van der Waals surface area contributed by atoms with Crippen molar-refractivity contribution in [3.63, 3.8) is 0 Å². The van der Waals surface area contributed by atoms with Crippen LogP contribution in [0.1, 0.15) is 25.8 Å². The molecular formula is C16H22N2O3. The SMILES string of the molecule is CCC(C)(NC(=O)C=Cc1ccc(N(C)C)cc1)C(=O)O. The maximum Gasteiger partial charge on any atom is 0.329 e. The molecule has 0 heterocycles. The summed E-state index contributed by atoms with van der Waals surface area (Å²) in [4.78, 5) is 24.9. The molecule has 0 aliphatic heterocycles. The van der Waals surface area contributed by atoms with Crippen molar-refractivity contribution < 1.29 is 14.7 Å². The molecular weight excluding hydrogens is 268 g/mol. The highest BCUT2D eigenvalue weighted by molar-refractivity contribution is 5.95. The largest absolute Gasteiger partial charge is 0.480 e. The van der Waals surface area contributed by atoms with Gasteiger partial charge in [-0.1, -0.05) is 19.1 Å². The number of benzene rings is 1. The summed E-state index contributed by atoms with van der Waals surface area (Å²) in [6.45, 7) is 3.21. The van der Waals surface area contributed by atoms with Crippen LogP contribution in [0.15, 0.2) is 30.3 Å². The lowest BCUT2D eigenvalue weighted by molar-refractivity contribution is -0.146. The number of carboxylic acids is 1. The van der Waals surface area contributed by atoms with E-state index in [4.69, 9.17) is 5.11 Å². The zero-order chi connectivity index (χ0) is 16.0. The van der Waals surface area contributed by atoms with Crippen LogP contribution in [0.5, 0.6) is 0 Å². The number of hydrogen-bond donors (Lipinski definition) is 2. The molecule has 0 bridgehead atoms. The molecule has 21 heavy (non-hydrogen) atoms. The van der Waals surface area contributed by atoms with Gasteiger partial charge in [0.1, 0.15) is 5.54 Å². The Labute approximate surface area is 125 Å². The van der Waals surface area contributed by atoms with Crippen molar-refractivity contribution in [2.45, 2.75) is 25.8 Å². The van der Waals surface area contributed by atoms with Crippen LogP contribution >= 0.6 is 0 Å². The number of anilines is 1. The fourth-order valence-corrected chi connectivity index (χ4v) is 1.66. The summed E-state index contributed by atoms with van der Waals surface area (Å²) in [7, 11) is 3.91. The van der Waals surface area contributed by atoms with Gasteiger partial charge in [0.15, 0.2) is 0 Å². The number of amides is 1. The summed E-state index contributed by atoms with van der Waals surface area (Å²) < 4.78 is 0. The van der Waals surface area contributed by atoms with E-state index in [1.54, 1.807) is 13.0 Å². The molecule has 0 aliphatic rings. The number of aliphatic carboxylic acids is 1. The van der Waals surface area contributed by atoms with E-state index in [1.807, 2.05) is 43.3 Å². The Hall–Kier alpha value is -2.30. The van der Waals surface area contributed by atoms with Gasteiger partial charge >= 0.3 is 5.97 Å². The molecule has 0 saturated carbocycles. The molecule has 0 aliphatic carbocycles. The monoisotopic (exact) mass is 290 g/mol. The average Bonchev–Trinajstić information content (AvgIpc) is 2.45. The number of nitrogens with zero attached hydrogens (tertiary/aromatic N) is 1. The van der Waals surface area contributed by atoms with Crippen LogP contribution < -0.4 is 10.2 Å². The lowest BCUT2D eigenvalue weighted by Crippen LogP contribution is -2.51. The zero-order valence-electron chi connectivity index (χ0n) is 12.9. The minimum Gasteiger partial charge on any atom is -0.480 e. The minimum atomic E-state index is -1.24. The van der Waals surface area contributed by atoms with Gasteiger partial charge in [0.25, 0.3) is 0 Å². The number of nitrogens with one attached hydrogen (secondary N) is 1. The van der Waals surface area contributed by atoms with Crippen molar-refractivity contribution in [1.82, 2.24) is 5.32 Å². The Morgan fingerprint density at radius 2 is 1.86 bits per heavy atom. The molecule has 1 amide bonds. The molecule has 1 rings (SSSR count). The van der Waals surface area contributed by atoms with Gasteiger partial charge in [-0.15, -0.1) is 0 Å². The van der Waals surface area contributed by atoms with Gasteiger partial charge < -0.3 is 15.3 Å². The molecule has 0 saturated heterocycles. The molecule has 114 valence electrons. The van der Waals surface area contributed by atoms with Crippen LogP contribution in [0.3, 0.4) is 0 Å². The van der Waals surface area contributed by atoms with Crippen LogP contribution in [-0.2, 0) is 9.59 Å². The van der Waals surface area contributed by atoms with E-state index in [1.165, 1.54) is 13.0 Å². The second kappa shape index (κ2) is 6.92. The van der Waals surface area contributed by atoms with Crippen LogP contribution in [0.2, 0.25) is 0 Å². The molecule has 0 radical (unpaired) electrons. The van der Waals surface area contributed by atoms with E-state index in [2.05, 4.69) is 5.32 Å². The van der Waals surface area contributed by atoms with Crippen LogP contribution in [0, 0.1) is 0 Å². The fraction of sp³-hybridized carbons (Fsp3) is 0.375. The zero-order valence-corrected chi connectivity index (χ0v) is 12.9. The second-order valence-corrected chi connectivity index (χ2v) is 5.30. The summed E-state index contributed by atoms with van der Waals surface area (Å²) in [5.41, 5.74) is 0.709. The van der Waals surface area contributed by atoms with Gasteiger partial charge in [0, 0.05) is 25.9 Å². The van der Waals surface area contributed by atoms with Crippen molar-refractivity contribution >= 4 is 23.6 Å². The van der Waals surface area contributed by atoms with Crippen molar-refractivity contribution in [1.29, 1.82) is 0 Å². The van der Waals surface area contributed by atoms with Gasteiger partial charge in [-0.2, -0.15) is 0 Å². The highest BCUT2D eigenvalue weighted by Gasteiger charge is 2.31. The molecule has 5 nitrogen and oxygen atoms in total. The van der Waals surface area contributed by atoms with Gasteiger partial charge in [-0.3, -0.25) is 4.79 Å². The van der Waals surface area contributed by atoms with Crippen molar-refractivity contribution in [2.75, 3.05) is 19.0 Å². The van der Waals surface area contributed by atoms with Crippen molar-refractivity contribution in [3.8, 4) is 0 Å². The lowest BCUT2D eigenvalue weighted by atomic mass is 9.99. The third kappa shape index (κ3) is 4.63. The number of carbonyl (C=O) groups is 2. The van der Waals surface area contributed by atoms with Gasteiger partial charge in [-0.05, 0) is 37.1 Å². The topological polar surface area (TPSA) is 69.6 Å². The molecule has 1 aromatic carbocycles. The average molecular weight is 290 g/mol. The lowest BCUT2D eigenvalue weighted by Gasteiger charge is -2.23. The molecule has 1 aromatic rings. The second-order valence-electron chi connectivity index (χ2n) is 5.30. The van der Waals surface area contributed by atoms with Gasteiger partial charge in [0.2, 0.25) is 5.91 Å². The first kappa shape index (κ1) is 16.8. The normalized spacial score (nSPS) is 13.7. The summed E-state index contributed by atoms with van der Waals surface area (Å²) in [5, 5.41) is 11.6. The Kier molecular flexibility index (Phi) is 5.52. The van der Waals surface area contributed by atoms with Crippen molar-refractivity contribution in [2.24, 2.45) is 0 Å². The first-order chi connectivity index (χ1) is 9.78. The number of rotatable bonds is 6. The fourth-order valence-electron chi connectivity index (χ4n) is 1.66. The van der Waals surface area contributed by atoms with Crippen LogP contribution in [0.25, 0.3) is 6.08 Å². The number of hydrogen-bond acceptors (Lipinski definition) is 3.